The SMILES string of the molecule is CCN(C(=O)[C@H](C)[NH+]1CCN(c2ccccc2OC)CC1)c1cccc2ccccc12. The molecule has 1 heterocycles. The number of methoxy groups -OCH3 is 1. The maximum Gasteiger partial charge on any atom is 0.284 e. The smallest absolute Gasteiger partial charge is 0.284 e. The predicted molar refractivity (Wildman–Crippen MR) is 127 cm³/mol. The van der Waals surface area contributed by atoms with E-state index in [2.05, 4.69) is 49.1 Å². The first-order valence-corrected chi connectivity index (χ1v) is 11.2. The second kappa shape index (κ2) is 9.40. The van der Waals surface area contributed by atoms with Crippen LogP contribution in [0, 0.1) is 0 Å². The van der Waals surface area contributed by atoms with Crippen molar-refractivity contribution in [2.24, 2.45) is 0 Å². The molecule has 0 aliphatic carbocycles. The van der Waals surface area contributed by atoms with Crippen molar-refractivity contribution in [3.05, 3.63) is 66.7 Å². The fourth-order valence-corrected chi connectivity index (χ4v) is 4.66. The van der Waals surface area contributed by atoms with E-state index in [1.54, 1.807) is 7.11 Å². The Labute approximate surface area is 184 Å². The molecule has 3 aromatic carbocycles. The van der Waals surface area contributed by atoms with E-state index >= 15 is 0 Å². The lowest BCUT2D eigenvalue weighted by Gasteiger charge is -2.37. The molecule has 0 bridgehead atoms. The molecule has 0 radical (unpaired) electrons. The highest BCUT2D eigenvalue weighted by molar-refractivity contribution is 6.04. The summed E-state index contributed by atoms with van der Waals surface area (Å²) in [6.07, 6.45) is 0. The average Bonchev–Trinajstić information content (AvgIpc) is 2.84. The topological polar surface area (TPSA) is 37.2 Å². The van der Waals surface area contributed by atoms with Gasteiger partial charge in [-0.15, -0.1) is 0 Å². The normalized spacial score (nSPS) is 15.6. The van der Waals surface area contributed by atoms with Crippen LogP contribution in [0.2, 0.25) is 0 Å². The summed E-state index contributed by atoms with van der Waals surface area (Å²) in [6.45, 7) is 8.47. The van der Waals surface area contributed by atoms with Crippen molar-refractivity contribution in [3.63, 3.8) is 0 Å². The molecule has 0 spiro atoms. The molecule has 0 aromatic heterocycles. The Balaban J connectivity index is 1.48. The number of nitrogens with one attached hydrogen (secondary N) is 1. The van der Waals surface area contributed by atoms with Crippen LogP contribution in [0.15, 0.2) is 66.7 Å². The molecule has 1 aliphatic heterocycles. The van der Waals surface area contributed by atoms with E-state index in [9.17, 15) is 4.79 Å². The maximum atomic E-state index is 13.5. The third-order valence-electron chi connectivity index (χ3n) is 6.45. The van der Waals surface area contributed by atoms with Crippen LogP contribution in [-0.2, 0) is 4.79 Å². The van der Waals surface area contributed by atoms with Gasteiger partial charge in [-0.1, -0.05) is 48.5 Å². The van der Waals surface area contributed by atoms with Crippen molar-refractivity contribution in [1.29, 1.82) is 0 Å². The minimum absolute atomic E-state index is 0.0845. The number of fused-ring (bicyclic) bond motifs is 1. The number of rotatable bonds is 6. The van der Waals surface area contributed by atoms with Gasteiger partial charge in [0.25, 0.3) is 5.91 Å². The standard InChI is InChI=1S/C26H31N3O2/c1-4-29(23-14-9-11-21-10-5-6-12-22(21)23)26(30)20(2)27-16-18-28(19-17-27)24-13-7-8-15-25(24)31-3/h5-15,20H,4,16-19H2,1-3H3/p+1/t20-/m0/s1. The minimum Gasteiger partial charge on any atom is -0.495 e. The zero-order valence-electron chi connectivity index (χ0n) is 18.7. The summed E-state index contributed by atoms with van der Waals surface area (Å²) in [6, 6.07) is 22.6. The van der Waals surface area contributed by atoms with E-state index in [0.29, 0.717) is 6.54 Å². The van der Waals surface area contributed by atoms with E-state index in [1.807, 2.05) is 41.3 Å². The molecule has 1 aliphatic rings. The molecular formula is C26H32N3O2+. The highest BCUT2D eigenvalue weighted by Crippen LogP contribution is 2.28. The van der Waals surface area contributed by atoms with Crippen LogP contribution in [0.25, 0.3) is 10.8 Å². The third-order valence-corrected chi connectivity index (χ3v) is 6.45. The number of hydrogen-bond acceptors (Lipinski definition) is 3. The zero-order valence-corrected chi connectivity index (χ0v) is 18.7. The number of benzene rings is 3. The van der Waals surface area contributed by atoms with Gasteiger partial charge >= 0.3 is 0 Å². The van der Waals surface area contributed by atoms with Gasteiger partial charge < -0.3 is 19.4 Å². The van der Waals surface area contributed by atoms with Crippen LogP contribution in [0.4, 0.5) is 11.4 Å². The van der Waals surface area contributed by atoms with Gasteiger partial charge in [0, 0.05) is 11.9 Å². The average molecular weight is 419 g/mol. The third kappa shape index (κ3) is 4.23. The van der Waals surface area contributed by atoms with Crippen molar-refractivity contribution >= 4 is 28.1 Å². The number of amides is 1. The number of ether oxygens (including phenoxy) is 1. The second-order valence-electron chi connectivity index (χ2n) is 8.12. The summed E-state index contributed by atoms with van der Waals surface area (Å²) in [5, 5.41) is 2.29. The molecular weight excluding hydrogens is 386 g/mol. The van der Waals surface area contributed by atoms with E-state index in [1.165, 1.54) is 4.90 Å². The fraction of sp³-hybridized carbons (Fsp3) is 0.346. The number of hydrogen-bond donors (Lipinski definition) is 1. The monoisotopic (exact) mass is 418 g/mol. The Morgan fingerprint density at radius 1 is 1.03 bits per heavy atom. The summed E-state index contributed by atoms with van der Waals surface area (Å²) in [4.78, 5) is 19.2. The lowest BCUT2D eigenvalue weighted by molar-refractivity contribution is -0.914. The molecule has 1 atom stereocenters. The largest absolute Gasteiger partial charge is 0.495 e. The molecule has 1 saturated heterocycles. The number of para-hydroxylation sites is 2. The summed E-state index contributed by atoms with van der Waals surface area (Å²) in [5.74, 6) is 1.10. The lowest BCUT2D eigenvalue weighted by atomic mass is 10.1. The number of carbonyl (C=O) groups is 1. The van der Waals surface area contributed by atoms with Gasteiger partial charge in [0.05, 0.1) is 44.7 Å². The van der Waals surface area contributed by atoms with E-state index in [-0.39, 0.29) is 11.9 Å². The molecule has 4 rings (SSSR count). The first-order chi connectivity index (χ1) is 15.1. The molecule has 3 aromatic rings. The zero-order chi connectivity index (χ0) is 21.8. The molecule has 5 nitrogen and oxygen atoms in total. The molecule has 31 heavy (non-hydrogen) atoms. The van der Waals surface area contributed by atoms with E-state index in [4.69, 9.17) is 4.74 Å². The summed E-state index contributed by atoms with van der Waals surface area (Å²) >= 11 is 0. The Morgan fingerprint density at radius 3 is 2.45 bits per heavy atom. The molecule has 162 valence electrons. The van der Waals surface area contributed by atoms with E-state index in [0.717, 1.165) is 54.1 Å². The van der Waals surface area contributed by atoms with Gasteiger partial charge in [-0.05, 0) is 37.4 Å². The molecule has 0 unspecified atom stereocenters. The van der Waals surface area contributed by atoms with Crippen LogP contribution < -0.4 is 19.4 Å². The Morgan fingerprint density at radius 2 is 1.71 bits per heavy atom. The van der Waals surface area contributed by atoms with Gasteiger partial charge in [-0.3, -0.25) is 4.79 Å². The highest BCUT2D eigenvalue weighted by atomic mass is 16.5. The molecule has 1 N–H and O–H groups in total. The number of carbonyl (C=O) groups excluding carboxylic acids is 1. The molecule has 1 fully saturated rings. The van der Waals surface area contributed by atoms with Crippen molar-refractivity contribution in [2.75, 3.05) is 49.6 Å². The fourth-order valence-electron chi connectivity index (χ4n) is 4.66. The number of piperazine rings is 1. The second-order valence-corrected chi connectivity index (χ2v) is 8.12. The summed E-state index contributed by atoms with van der Waals surface area (Å²) in [7, 11) is 1.72. The van der Waals surface area contributed by atoms with E-state index < -0.39 is 0 Å². The van der Waals surface area contributed by atoms with Gasteiger partial charge in [0.1, 0.15) is 5.75 Å². The molecule has 5 heteroatoms. The van der Waals surface area contributed by atoms with Crippen molar-refractivity contribution in [1.82, 2.24) is 0 Å². The van der Waals surface area contributed by atoms with Gasteiger partial charge in [0.15, 0.2) is 6.04 Å². The minimum atomic E-state index is -0.0845. The first kappa shape index (κ1) is 21.2. The van der Waals surface area contributed by atoms with Crippen LogP contribution >= 0.6 is 0 Å². The van der Waals surface area contributed by atoms with Crippen molar-refractivity contribution in [2.45, 2.75) is 19.9 Å². The predicted octanol–water partition coefficient (Wildman–Crippen LogP) is 2.99. The van der Waals surface area contributed by atoms with Gasteiger partial charge in [-0.25, -0.2) is 0 Å². The summed E-state index contributed by atoms with van der Waals surface area (Å²) in [5.41, 5.74) is 2.14. The maximum absolute atomic E-state index is 13.5. The Kier molecular flexibility index (Phi) is 6.42. The summed E-state index contributed by atoms with van der Waals surface area (Å²) < 4.78 is 5.53. The number of likely N-dealkylation sites (N-methyl/N-ethyl adjacent to an activating group) is 1. The highest BCUT2D eigenvalue weighted by Gasteiger charge is 2.33. The first-order valence-electron chi connectivity index (χ1n) is 11.2. The number of quaternary nitrogens is 1. The van der Waals surface area contributed by atoms with Crippen molar-refractivity contribution < 1.29 is 14.4 Å². The van der Waals surface area contributed by atoms with Crippen LogP contribution in [0.1, 0.15) is 13.8 Å². The Bertz CT molecular complexity index is 1040. The lowest BCUT2D eigenvalue weighted by Crippen LogP contribution is -3.19. The van der Waals surface area contributed by atoms with Crippen LogP contribution in [0.3, 0.4) is 0 Å². The van der Waals surface area contributed by atoms with Gasteiger partial charge in [-0.2, -0.15) is 0 Å². The number of anilines is 2. The number of nitrogens with zero attached hydrogens (tertiary/aromatic N) is 2. The molecule has 0 saturated carbocycles. The Hall–Kier alpha value is -3.05. The van der Waals surface area contributed by atoms with Crippen molar-refractivity contribution in [3.8, 4) is 5.75 Å². The van der Waals surface area contributed by atoms with Crippen LogP contribution in [0.5, 0.6) is 5.75 Å². The van der Waals surface area contributed by atoms with Gasteiger partial charge in [0.2, 0.25) is 0 Å². The molecule has 1 amide bonds. The quantitative estimate of drug-likeness (QED) is 0.669. The van der Waals surface area contributed by atoms with Crippen LogP contribution in [-0.4, -0.2) is 51.8 Å².